The standard InChI is InChI=1S/C19H17F3N4O4S/c20-11-5-9(6-12(21)15(11)22)13-7-26(25-24-13)16-17(28)14(8-27)30-19(18(16)29)31-10-1-3-23-4-2-10/h1-7,14,16-19,27-29H,8H2/t14-,16+,17+,18-,19-/m1/s1. The minimum absolute atomic E-state index is 0.00239. The number of nitrogens with zero attached hydrogens (tertiary/aromatic N) is 4. The van der Waals surface area contributed by atoms with E-state index in [0.717, 1.165) is 33.5 Å². The number of aliphatic hydroxyl groups is 3. The molecule has 164 valence electrons. The number of hydrogen-bond acceptors (Lipinski definition) is 8. The molecule has 1 aliphatic heterocycles. The van der Waals surface area contributed by atoms with E-state index in [1.54, 1.807) is 24.5 Å². The Labute approximate surface area is 178 Å². The van der Waals surface area contributed by atoms with Gasteiger partial charge >= 0.3 is 0 Å². The Bertz CT molecular complexity index is 1030. The second kappa shape index (κ2) is 8.93. The highest BCUT2D eigenvalue weighted by molar-refractivity contribution is 7.99. The third-order valence-electron chi connectivity index (χ3n) is 4.85. The first-order chi connectivity index (χ1) is 14.9. The molecule has 1 fully saturated rings. The Morgan fingerprint density at radius 1 is 1.06 bits per heavy atom. The van der Waals surface area contributed by atoms with Gasteiger partial charge in [0.2, 0.25) is 0 Å². The van der Waals surface area contributed by atoms with Crippen LogP contribution in [0.15, 0.2) is 47.8 Å². The van der Waals surface area contributed by atoms with Crippen LogP contribution in [0.5, 0.6) is 0 Å². The number of aliphatic hydroxyl groups excluding tert-OH is 3. The maximum Gasteiger partial charge on any atom is 0.194 e. The van der Waals surface area contributed by atoms with Gasteiger partial charge in [-0.3, -0.25) is 4.98 Å². The summed E-state index contributed by atoms with van der Waals surface area (Å²) in [6, 6.07) is 3.87. The normalized spacial score (nSPS) is 26.2. The van der Waals surface area contributed by atoms with E-state index in [1.165, 1.54) is 6.20 Å². The number of ether oxygens (including phenoxy) is 1. The van der Waals surface area contributed by atoms with Crippen molar-refractivity contribution in [2.24, 2.45) is 0 Å². The molecule has 4 rings (SSSR count). The fourth-order valence-corrected chi connectivity index (χ4v) is 4.33. The molecule has 0 spiro atoms. The lowest BCUT2D eigenvalue weighted by Crippen LogP contribution is -2.55. The highest BCUT2D eigenvalue weighted by Gasteiger charge is 2.46. The van der Waals surface area contributed by atoms with Crippen LogP contribution in [0, 0.1) is 17.5 Å². The van der Waals surface area contributed by atoms with E-state index in [2.05, 4.69) is 15.3 Å². The van der Waals surface area contributed by atoms with Crippen molar-refractivity contribution in [1.82, 2.24) is 20.0 Å². The van der Waals surface area contributed by atoms with Crippen molar-refractivity contribution in [1.29, 1.82) is 0 Å². The number of rotatable bonds is 5. The van der Waals surface area contributed by atoms with Crippen molar-refractivity contribution in [3.63, 3.8) is 0 Å². The van der Waals surface area contributed by atoms with E-state index in [1.807, 2.05) is 0 Å². The van der Waals surface area contributed by atoms with Gasteiger partial charge in [0.25, 0.3) is 0 Å². The number of halogens is 3. The minimum Gasteiger partial charge on any atom is -0.394 e. The van der Waals surface area contributed by atoms with Gasteiger partial charge in [-0.05, 0) is 24.3 Å². The molecule has 0 bridgehead atoms. The molecule has 0 unspecified atom stereocenters. The van der Waals surface area contributed by atoms with Crippen LogP contribution in [-0.4, -0.2) is 65.7 Å². The minimum atomic E-state index is -1.60. The fraction of sp³-hybridized carbons (Fsp3) is 0.316. The lowest BCUT2D eigenvalue weighted by Gasteiger charge is -2.41. The van der Waals surface area contributed by atoms with Gasteiger partial charge in [0.05, 0.1) is 12.8 Å². The average molecular weight is 454 g/mol. The highest BCUT2D eigenvalue weighted by Crippen LogP contribution is 2.38. The molecule has 1 aromatic carbocycles. The third kappa shape index (κ3) is 4.29. The second-order valence-corrected chi connectivity index (χ2v) is 8.01. The first-order valence-electron chi connectivity index (χ1n) is 9.15. The Hall–Kier alpha value is -2.51. The zero-order chi connectivity index (χ0) is 22.1. The summed E-state index contributed by atoms with van der Waals surface area (Å²) in [4.78, 5) is 4.65. The molecule has 12 heteroatoms. The number of thioether (sulfide) groups is 1. The van der Waals surface area contributed by atoms with Gasteiger partial charge in [-0.2, -0.15) is 0 Å². The molecule has 0 aliphatic carbocycles. The van der Waals surface area contributed by atoms with Crippen LogP contribution >= 0.6 is 11.8 Å². The van der Waals surface area contributed by atoms with Gasteiger partial charge in [0, 0.05) is 22.9 Å². The van der Waals surface area contributed by atoms with Crippen LogP contribution in [0.1, 0.15) is 6.04 Å². The molecule has 0 radical (unpaired) electrons. The smallest absolute Gasteiger partial charge is 0.194 e. The molecule has 0 amide bonds. The van der Waals surface area contributed by atoms with Crippen LogP contribution in [0.4, 0.5) is 13.2 Å². The Morgan fingerprint density at radius 3 is 2.39 bits per heavy atom. The van der Waals surface area contributed by atoms with Crippen LogP contribution in [0.2, 0.25) is 0 Å². The van der Waals surface area contributed by atoms with Crippen molar-refractivity contribution in [2.45, 2.75) is 34.7 Å². The van der Waals surface area contributed by atoms with Crippen molar-refractivity contribution in [3.05, 3.63) is 60.3 Å². The van der Waals surface area contributed by atoms with Crippen LogP contribution in [0.25, 0.3) is 11.3 Å². The predicted octanol–water partition coefficient (Wildman–Crippen LogP) is 1.53. The summed E-state index contributed by atoms with van der Waals surface area (Å²) in [5, 5.41) is 38.8. The van der Waals surface area contributed by atoms with Gasteiger partial charge in [-0.15, -0.1) is 5.10 Å². The molecule has 31 heavy (non-hydrogen) atoms. The summed E-state index contributed by atoms with van der Waals surface area (Å²) in [6.45, 7) is -0.520. The van der Waals surface area contributed by atoms with E-state index >= 15 is 0 Å². The van der Waals surface area contributed by atoms with Gasteiger partial charge in [0.15, 0.2) is 17.5 Å². The first kappa shape index (κ1) is 21.7. The summed E-state index contributed by atoms with van der Waals surface area (Å²) < 4.78 is 47.1. The summed E-state index contributed by atoms with van der Waals surface area (Å²) in [7, 11) is 0. The monoisotopic (exact) mass is 454 g/mol. The van der Waals surface area contributed by atoms with E-state index in [0.29, 0.717) is 0 Å². The molecule has 0 saturated carbocycles. The maximum absolute atomic E-state index is 13.6. The van der Waals surface area contributed by atoms with Gasteiger partial charge in [-0.1, -0.05) is 17.0 Å². The molecule has 1 saturated heterocycles. The third-order valence-corrected chi connectivity index (χ3v) is 6.01. The molecule has 3 heterocycles. The largest absolute Gasteiger partial charge is 0.394 e. The zero-order valence-corrected chi connectivity index (χ0v) is 16.5. The van der Waals surface area contributed by atoms with E-state index < -0.39 is 53.8 Å². The van der Waals surface area contributed by atoms with Crippen LogP contribution in [-0.2, 0) is 4.74 Å². The number of hydrogen-bond donors (Lipinski definition) is 3. The molecule has 1 aliphatic rings. The summed E-state index contributed by atoms with van der Waals surface area (Å²) >= 11 is 1.16. The molecule has 3 N–H and O–H groups in total. The second-order valence-electron chi connectivity index (χ2n) is 6.84. The van der Waals surface area contributed by atoms with Crippen molar-refractivity contribution >= 4 is 11.8 Å². The van der Waals surface area contributed by atoms with Crippen LogP contribution in [0.3, 0.4) is 0 Å². The number of aromatic nitrogens is 4. The average Bonchev–Trinajstić information content (AvgIpc) is 3.24. The first-order valence-corrected chi connectivity index (χ1v) is 10.0. The Balaban J connectivity index is 1.64. The van der Waals surface area contributed by atoms with Crippen molar-refractivity contribution < 1.29 is 33.2 Å². The Kier molecular flexibility index (Phi) is 6.25. The molecule has 5 atom stereocenters. The zero-order valence-electron chi connectivity index (χ0n) is 15.7. The molecule has 2 aromatic heterocycles. The van der Waals surface area contributed by atoms with Gasteiger partial charge in [0.1, 0.15) is 35.5 Å². The fourth-order valence-electron chi connectivity index (χ4n) is 3.29. The lowest BCUT2D eigenvalue weighted by molar-refractivity contribution is -0.178. The summed E-state index contributed by atoms with van der Waals surface area (Å²) in [5.41, 5.74) is -0.941. The number of benzene rings is 1. The van der Waals surface area contributed by atoms with Crippen molar-refractivity contribution in [2.75, 3.05) is 6.61 Å². The summed E-state index contributed by atoms with van der Waals surface area (Å²) in [6.07, 6.45) is 0.728. The summed E-state index contributed by atoms with van der Waals surface area (Å²) in [5.74, 6) is -4.37. The van der Waals surface area contributed by atoms with Gasteiger partial charge in [-0.25, -0.2) is 17.9 Å². The quantitative estimate of drug-likeness (QED) is 0.498. The van der Waals surface area contributed by atoms with Crippen LogP contribution < -0.4 is 0 Å². The van der Waals surface area contributed by atoms with E-state index in [4.69, 9.17) is 4.74 Å². The molecular formula is C19H17F3N4O4S. The molecule has 8 nitrogen and oxygen atoms in total. The van der Waals surface area contributed by atoms with Crippen molar-refractivity contribution in [3.8, 4) is 11.3 Å². The predicted molar refractivity (Wildman–Crippen MR) is 102 cm³/mol. The number of pyridine rings is 1. The van der Waals surface area contributed by atoms with E-state index in [-0.39, 0.29) is 11.3 Å². The Morgan fingerprint density at radius 2 is 1.74 bits per heavy atom. The topological polar surface area (TPSA) is 114 Å². The maximum atomic E-state index is 13.6. The molecular weight excluding hydrogens is 437 g/mol. The van der Waals surface area contributed by atoms with Gasteiger partial charge < -0.3 is 20.1 Å². The van der Waals surface area contributed by atoms with E-state index in [9.17, 15) is 28.5 Å². The molecule has 3 aromatic rings. The lowest BCUT2D eigenvalue weighted by atomic mass is 9.97. The highest BCUT2D eigenvalue weighted by atomic mass is 32.2. The SMILES string of the molecule is OC[C@H]1O[C@H](Sc2ccncc2)[C@H](O)[C@@H](n2cc(-c3cc(F)c(F)c(F)c3)nn2)[C@H]1O.